The van der Waals surface area contributed by atoms with Gasteiger partial charge in [0.1, 0.15) is 25.0 Å². The predicted molar refractivity (Wildman–Crippen MR) is 353 cm³/mol. The van der Waals surface area contributed by atoms with Crippen LogP contribution in [0.15, 0.2) is 24.3 Å². The number of ketones is 4. The van der Waals surface area contributed by atoms with E-state index in [-0.39, 0.29) is 101 Å². The monoisotopic (exact) mass is 1390 g/mol. The number of unbranched alkanes of at least 4 members (excludes halogenated alkanes) is 2. The topological polar surface area (TPSA) is 492 Å². The molecule has 1 aliphatic carbocycles. The van der Waals surface area contributed by atoms with Crippen molar-refractivity contribution in [2.75, 3.05) is 77.8 Å². The Labute approximate surface area is 571 Å². The lowest BCUT2D eigenvalue weighted by Crippen LogP contribution is -2.46. The lowest BCUT2D eigenvalue weighted by atomic mass is 9.78. The summed E-state index contributed by atoms with van der Waals surface area (Å²) in [6, 6.07) is 3.77. The Kier molecular flexibility index (Phi) is 47.2. The molecule has 13 N–H and O–H groups in total. The summed E-state index contributed by atoms with van der Waals surface area (Å²) in [4.78, 5) is 181. The second-order valence-corrected chi connectivity index (χ2v) is 24.1. The number of primary amides is 1. The molecule has 5 atom stereocenters. The molecule has 0 heterocycles. The molecule has 0 unspecified atom stereocenters. The minimum atomic E-state index is -1.46. The minimum Gasteiger partial charge on any atom is -0.481 e. The van der Waals surface area contributed by atoms with Gasteiger partial charge < -0.3 is 82.1 Å². The zero-order valence-electron chi connectivity index (χ0n) is 56.9. The maximum absolute atomic E-state index is 13.4. The highest BCUT2D eigenvalue weighted by atomic mass is 16.5. The van der Waals surface area contributed by atoms with Gasteiger partial charge in [-0.25, -0.2) is 0 Å². The van der Waals surface area contributed by atoms with Crippen LogP contribution in [-0.4, -0.2) is 205 Å². The highest BCUT2D eigenvalue weighted by molar-refractivity contribution is 5.96. The third kappa shape index (κ3) is 43.8. The summed E-state index contributed by atoms with van der Waals surface area (Å²) in [5.41, 5.74) is 6.99. The molecule has 1 saturated carbocycles. The standard InChI is InChI=1S/C36H53N3O16.C31H52N4O8/c1-20(40)25(11-15-33(49)50)39-35(53)23(10-14-32(47)48)17-28(42)26(12-16-34(51)52)38-30(44)13-9-24(36(54)55)18-27(41)22-7-5-21(6-8-22)19-37-29(43)3-2-4-31(45)46;1-3-5-17-40-19-21-42-23-27(36)9-8-18-41-20-22-43-24-29(37)35-28(30(32)38)10-6-7-16-34-31(39)25-11-13-26(14-12-25)33-15-4-2/h21-26H,2-19H2,1H3,(H,37,43)(H,38,44)(H,39,53)(H,45,46)(H,47,48)(H,49,50)(H,51,52)(H,54,55);11-14,28,33H,3-10,15-24H2,1-2H3,(H2,32,38)(H,34,39)(H,35,37)/t21?,22?,23-,24-,25+,26+;28-/m10/s1. The van der Waals surface area contributed by atoms with Crippen molar-refractivity contribution in [1.29, 1.82) is 0 Å². The van der Waals surface area contributed by atoms with E-state index in [9.17, 15) is 87.2 Å². The van der Waals surface area contributed by atoms with Crippen molar-refractivity contribution in [1.82, 2.24) is 26.6 Å². The molecule has 0 spiro atoms. The Morgan fingerprint density at radius 1 is 0.500 bits per heavy atom. The zero-order valence-corrected chi connectivity index (χ0v) is 56.9. The fraction of sp³-hybridized carbons (Fsp3) is 0.687. The number of anilines is 1. The highest BCUT2D eigenvalue weighted by Gasteiger charge is 2.33. The second kappa shape index (κ2) is 52.8. The molecule has 1 aromatic rings. The average Bonchev–Trinajstić information content (AvgIpc) is 0.911. The molecule has 31 nitrogen and oxygen atoms in total. The van der Waals surface area contributed by atoms with Crippen molar-refractivity contribution < 1.29 is 116 Å². The number of benzene rings is 1. The molecule has 0 bridgehead atoms. The van der Waals surface area contributed by atoms with E-state index in [4.69, 9.17) is 34.9 Å². The lowest BCUT2D eigenvalue weighted by molar-refractivity contribution is -0.145. The van der Waals surface area contributed by atoms with E-state index < -0.39 is 139 Å². The first kappa shape index (κ1) is 87.7. The first-order valence-electron chi connectivity index (χ1n) is 33.7. The van der Waals surface area contributed by atoms with Crippen LogP contribution in [0.5, 0.6) is 0 Å². The minimum absolute atomic E-state index is 0.0140. The molecule has 552 valence electrons. The van der Waals surface area contributed by atoms with Crippen LogP contribution in [0.1, 0.15) is 192 Å². The van der Waals surface area contributed by atoms with Crippen LogP contribution in [0, 0.1) is 23.7 Å². The fourth-order valence-corrected chi connectivity index (χ4v) is 10.0. The highest BCUT2D eigenvalue weighted by Crippen LogP contribution is 2.31. The van der Waals surface area contributed by atoms with Gasteiger partial charge >= 0.3 is 29.8 Å². The van der Waals surface area contributed by atoms with Crippen LogP contribution in [0.25, 0.3) is 0 Å². The molecule has 2 rings (SSSR count). The van der Waals surface area contributed by atoms with E-state index in [1.165, 1.54) is 0 Å². The maximum atomic E-state index is 13.4. The number of nitrogens with two attached hydrogens (primary N) is 1. The molecule has 0 radical (unpaired) electrons. The van der Waals surface area contributed by atoms with Crippen LogP contribution >= 0.6 is 0 Å². The van der Waals surface area contributed by atoms with Crippen molar-refractivity contribution in [3.63, 3.8) is 0 Å². The number of ether oxygens (including phenoxy) is 4. The van der Waals surface area contributed by atoms with E-state index in [1.54, 1.807) is 12.1 Å². The molecule has 0 aliphatic heterocycles. The van der Waals surface area contributed by atoms with Gasteiger partial charge in [0.2, 0.25) is 29.5 Å². The Balaban J connectivity index is 0.00000101. The summed E-state index contributed by atoms with van der Waals surface area (Å²) >= 11 is 0. The van der Waals surface area contributed by atoms with Gasteiger partial charge in [0.05, 0.1) is 44.4 Å². The first-order valence-corrected chi connectivity index (χ1v) is 33.7. The van der Waals surface area contributed by atoms with Gasteiger partial charge in [0.15, 0.2) is 17.3 Å². The first-order chi connectivity index (χ1) is 46.6. The van der Waals surface area contributed by atoms with Crippen LogP contribution < -0.4 is 37.6 Å². The molecular weight excluding hydrogens is 1290 g/mol. The summed E-state index contributed by atoms with van der Waals surface area (Å²) in [5.74, 6) is -14.0. The number of carboxylic acids is 5. The van der Waals surface area contributed by atoms with E-state index in [2.05, 4.69) is 45.7 Å². The predicted octanol–water partition coefficient (Wildman–Crippen LogP) is 3.93. The number of nitrogens with one attached hydrogen (secondary N) is 6. The third-order valence-corrected chi connectivity index (χ3v) is 15.8. The van der Waals surface area contributed by atoms with Crippen LogP contribution in [-0.2, 0) is 86.1 Å². The second-order valence-electron chi connectivity index (χ2n) is 24.1. The number of hydrogen-bond donors (Lipinski definition) is 12. The van der Waals surface area contributed by atoms with E-state index in [0.717, 1.165) is 38.4 Å². The summed E-state index contributed by atoms with van der Waals surface area (Å²) in [6.07, 6.45) is 3.56. The van der Waals surface area contributed by atoms with Gasteiger partial charge in [-0.05, 0) is 133 Å². The summed E-state index contributed by atoms with van der Waals surface area (Å²) < 4.78 is 21.4. The molecule has 0 aromatic heterocycles. The molecule has 31 heteroatoms. The number of Topliss-reactive ketones (excluding diaryl/α,β-unsaturated/α-hetero) is 4. The van der Waals surface area contributed by atoms with Gasteiger partial charge in [0.25, 0.3) is 5.91 Å². The Morgan fingerprint density at radius 2 is 1.07 bits per heavy atom. The molecule has 98 heavy (non-hydrogen) atoms. The fourth-order valence-electron chi connectivity index (χ4n) is 10.0. The smallest absolute Gasteiger partial charge is 0.306 e. The Morgan fingerprint density at radius 3 is 1.65 bits per heavy atom. The maximum Gasteiger partial charge on any atom is 0.306 e. The number of rotatable bonds is 57. The molecule has 0 saturated heterocycles. The van der Waals surface area contributed by atoms with Gasteiger partial charge in [-0.2, -0.15) is 0 Å². The van der Waals surface area contributed by atoms with Crippen LogP contribution in [0.3, 0.4) is 0 Å². The number of carbonyl (C=O) groups excluding carboxylic acids is 10. The molecule has 1 fully saturated rings. The van der Waals surface area contributed by atoms with E-state index >= 15 is 0 Å². The van der Waals surface area contributed by atoms with Crippen molar-refractivity contribution in [3.8, 4) is 0 Å². The summed E-state index contributed by atoms with van der Waals surface area (Å²) in [5, 5.41) is 62.0. The average molecular weight is 1390 g/mol. The summed E-state index contributed by atoms with van der Waals surface area (Å²) in [7, 11) is 0. The number of hydrogen-bond acceptors (Lipinski definition) is 20. The Bertz CT molecular complexity index is 2690. The quantitative estimate of drug-likeness (QED) is 0.0411. The van der Waals surface area contributed by atoms with Crippen LogP contribution in [0.2, 0.25) is 0 Å². The summed E-state index contributed by atoms with van der Waals surface area (Å²) in [6.45, 7) is 9.31. The molecule has 1 aliphatic rings. The van der Waals surface area contributed by atoms with Crippen molar-refractivity contribution in [2.45, 2.75) is 199 Å². The number of amides is 6. The Hall–Kier alpha value is -8.29. The van der Waals surface area contributed by atoms with E-state index in [0.29, 0.717) is 103 Å². The van der Waals surface area contributed by atoms with Gasteiger partial charge in [-0.15, -0.1) is 0 Å². The van der Waals surface area contributed by atoms with Crippen molar-refractivity contribution in [3.05, 3.63) is 29.8 Å². The van der Waals surface area contributed by atoms with Crippen molar-refractivity contribution >= 4 is 94.1 Å². The van der Waals surface area contributed by atoms with Gasteiger partial charge in [0, 0.05) is 114 Å². The number of aliphatic carboxylic acids is 5. The largest absolute Gasteiger partial charge is 0.481 e. The normalized spacial score (nSPS) is 14.8. The van der Waals surface area contributed by atoms with Crippen molar-refractivity contribution in [2.24, 2.45) is 29.4 Å². The lowest BCUT2D eigenvalue weighted by Gasteiger charge is -2.28. The molecular formula is C67H105N7O24. The number of carbonyl (C=O) groups is 15. The SMILES string of the molecule is CC(=O)[C@H](CCC(=O)O)NC(=O)[C@H](CCC(=O)O)CC(=O)[C@H](CCC(=O)O)NC(=O)CC[C@H](CC(=O)C1CCC(CNC(=O)CCCC(=O)O)CC1)C(=O)O.CCCCOCCOCC(=O)CCCOCCOCC(=O)N[C@@H](CCCCNC(=O)c1ccc(NCCC)cc1)C(N)=O. The third-order valence-electron chi connectivity index (χ3n) is 15.8. The van der Waals surface area contributed by atoms with E-state index in [1.807, 2.05) is 12.1 Å². The van der Waals surface area contributed by atoms with Gasteiger partial charge in [-0.1, -0.05) is 20.3 Å². The molecule has 6 amide bonds. The molecule has 1 aromatic carbocycles. The zero-order chi connectivity index (χ0) is 73.2. The van der Waals surface area contributed by atoms with Gasteiger partial charge in [-0.3, -0.25) is 71.9 Å². The van der Waals surface area contributed by atoms with Crippen LogP contribution in [0.4, 0.5) is 5.69 Å². The number of carboxylic acid groups (broad SMARTS) is 5.